The summed E-state index contributed by atoms with van der Waals surface area (Å²) in [6.45, 7) is 4.35. The number of carbonyl (C=O) groups is 3. The zero-order valence-electron chi connectivity index (χ0n) is 27.4. The number of fused-ring (bicyclic) bond motifs is 1. The molecule has 1 unspecified atom stereocenters. The van der Waals surface area contributed by atoms with E-state index in [2.05, 4.69) is 37.2 Å². The summed E-state index contributed by atoms with van der Waals surface area (Å²) in [5.74, 6) is -0.303. The molecule has 1 atom stereocenters. The van der Waals surface area contributed by atoms with Crippen molar-refractivity contribution in [2.24, 2.45) is 5.92 Å². The normalized spacial score (nSPS) is 17.9. The summed E-state index contributed by atoms with van der Waals surface area (Å²) in [5, 5.41) is 11.6. The Kier molecular flexibility index (Phi) is 10.8. The average molecular weight is 696 g/mol. The van der Waals surface area contributed by atoms with E-state index >= 15 is 0 Å². The van der Waals surface area contributed by atoms with Crippen LogP contribution in [0.5, 0.6) is 5.75 Å². The van der Waals surface area contributed by atoms with Crippen LogP contribution in [0.4, 0.5) is 14.5 Å². The van der Waals surface area contributed by atoms with Gasteiger partial charge in [0, 0.05) is 74.4 Å². The van der Waals surface area contributed by atoms with Gasteiger partial charge in [-0.25, -0.2) is 9.50 Å². The van der Waals surface area contributed by atoms with Crippen molar-refractivity contribution >= 4 is 41.2 Å². The van der Waals surface area contributed by atoms with Crippen molar-refractivity contribution in [1.29, 1.82) is 0 Å². The van der Waals surface area contributed by atoms with Gasteiger partial charge in [-0.05, 0) is 56.2 Å². The molecule has 4 aromatic rings. The fourth-order valence-corrected chi connectivity index (χ4v) is 6.98. The second kappa shape index (κ2) is 15.4. The number of anilines is 1. The van der Waals surface area contributed by atoms with E-state index in [0.717, 1.165) is 50.2 Å². The van der Waals surface area contributed by atoms with Crippen LogP contribution in [0.15, 0.2) is 53.9 Å². The lowest BCUT2D eigenvalue weighted by Crippen LogP contribution is -2.54. The number of halogens is 2. The van der Waals surface area contributed by atoms with Gasteiger partial charge in [0.2, 0.25) is 5.91 Å². The van der Waals surface area contributed by atoms with Crippen molar-refractivity contribution in [3.63, 3.8) is 0 Å². The van der Waals surface area contributed by atoms with Gasteiger partial charge in [0.1, 0.15) is 29.8 Å². The van der Waals surface area contributed by atoms with E-state index in [1.807, 2.05) is 11.2 Å². The number of piperazine rings is 1. The van der Waals surface area contributed by atoms with E-state index in [1.165, 1.54) is 39.4 Å². The van der Waals surface area contributed by atoms with Crippen molar-refractivity contribution in [3.05, 3.63) is 54.6 Å². The topological polar surface area (TPSA) is 130 Å². The molecule has 2 saturated heterocycles. The summed E-state index contributed by atoms with van der Waals surface area (Å²) in [5.41, 5.74) is 1.18. The Morgan fingerprint density at radius 2 is 2.00 bits per heavy atom. The number of thioether (sulfide) groups is 1. The minimum absolute atomic E-state index is 0.102. The first kappa shape index (κ1) is 34.5. The summed E-state index contributed by atoms with van der Waals surface area (Å²) in [6.07, 6.45) is 10.7. The molecular weight excluding hydrogens is 656 g/mol. The number of ether oxygens (including phenoxy) is 1. The Balaban J connectivity index is 1.18. The number of benzene rings is 1. The van der Waals surface area contributed by atoms with Crippen LogP contribution in [0, 0.1) is 5.92 Å². The Hall–Kier alpha value is -4.41. The Labute approximate surface area is 286 Å². The van der Waals surface area contributed by atoms with Gasteiger partial charge in [0.25, 0.3) is 5.91 Å². The van der Waals surface area contributed by atoms with Crippen molar-refractivity contribution in [2.45, 2.75) is 43.9 Å². The van der Waals surface area contributed by atoms with Gasteiger partial charge in [-0.1, -0.05) is 0 Å². The molecule has 16 heteroatoms. The molecule has 6 rings (SSSR count). The number of hydrogen-bond donors (Lipinski definition) is 1. The largest absolute Gasteiger partial charge is 0.434 e. The summed E-state index contributed by atoms with van der Waals surface area (Å²) in [4.78, 5) is 49.4. The molecule has 2 aliphatic heterocycles. The molecule has 260 valence electrons. The quantitative estimate of drug-likeness (QED) is 0.173. The summed E-state index contributed by atoms with van der Waals surface area (Å²) < 4.78 is 34.6. The highest BCUT2D eigenvalue weighted by molar-refractivity contribution is 7.98. The minimum Gasteiger partial charge on any atom is -0.434 e. The first-order chi connectivity index (χ1) is 23.7. The molecular formula is C33H39F2N9O4S. The lowest BCUT2D eigenvalue weighted by atomic mass is 9.95. The number of piperidine rings is 1. The van der Waals surface area contributed by atoms with Gasteiger partial charge in [0.15, 0.2) is 5.65 Å². The Morgan fingerprint density at radius 1 is 1.18 bits per heavy atom. The number of nitrogens with one attached hydrogen (secondary N) is 1. The van der Waals surface area contributed by atoms with E-state index < -0.39 is 12.5 Å². The molecule has 1 N–H and O–H groups in total. The lowest BCUT2D eigenvalue weighted by molar-refractivity contribution is -0.133. The first-order valence-corrected chi connectivity index (χ1v) is 17.4. The highest BCUT2D eigenvalue weighted by atomic mass is 32.2. The van der Waals surface area contributed by atoms with Gasteiger partial charge >= 0.3 is 6.61 Å². The number of rotatable bonds is 12. The molecule has 5 heterocycles. The van der Waals surface area contributed by atoms with Crippen LogP contribution in [-0.4, -0.2) is 122 Å². The average Bonchev–Trinajstić information content (AvgIpc) is 3.70. The van der Waals surface area contributed by atoms with E-state index in [4.69, 9.17) is 4.74 Å². The number of amides is 2. The maximum atomic E-state index is 13.5. The molecule has 0 saturated carbocycles. The fourth-order valence-electron chi connectivity index (χ4n) is 6.54. The third-order valence-corrected chi connectivity index (χ3v) is 9.86. The van der Waals surface area contributed by atoms with E-state index in [9.17, 15) is 23.2 Å². The molecule has 49 heavy (non-hydrogen) atoms. The van der Waals surface area contributed by atoms with Crippen molar-refractivity contribution in [1.82, 2.24) is 39.1 Å². The predicted octanol–water partition coefficient (Wildman–Crippen LogP) is 3.61. The molecule has 2 amide bonds. The van der Waals surface area contributed by atoms with E-state index in [-0.39, 0.29) is 40.7 Å². The van der Waals surface area contributed by atoms with Crippen molar-refractivity contribution in [3.8, 4) is 17.0 Å². The highest BCUT2D eigenvalue weighted by Gasteiger charge is 2.29. The summed E-state index contributed by atoms with van der Waals surface area (Å²) in [6, 6.07) is 6.82. The van der Waals surface area contributed by atoms with Crippen LogP contribution >= 0.6 is 11.8 Å². The van der Waals surface area contributed by atoms with Gasteiger partial charge < -0.3 is 19.7 Å². The number of likely N-dealkylation sites (tertiary alicyclic amines) is 1. The monoisotopic (exact) mass is 695 g/mol. The molecule has 3 aromatic heterocycles. The number of carbonyl (C=O) groups excluding carboxylic acids is 3. The Bertz CT molecular complexity index is 1790. The number of nitrogens with zero attached hydrogens (tertiary/aromatic N) is 8. The number of alkyl halides is 2. The first-order valence-electron chi connectivity index (χ1n) is 16.2. The smallest absolute Gasteiger partial charge is 0.387 e. The zero-order chi connectivity index (χ0) is 34.5. The second-order valence-electron chi connectivity index (χ2n) is 12.3. The van der Waals surface area contributed by atoms with Crippen LogP contribution in [-0.2, 0) is 16.1 Å². The second-order valence-corrected chi connectivity index (χ2v) is 13.2. The van der Waals surface area contributed by atoms with Gasteiger partial charge in [0.05, 0.1) is 18.4 Å². The molecule has 13 nitrogen and oxygen atoms in total. The third-order valence-electron chi connectivity index (χ3n) is 9.13. The highest BCUT2D eigenvalue weighted by Crippen LogP contribution is 2.38. The van der Waals surface area contributed by atoms with Crippen molar-refractivity contribution < 1.29 is 27.9 Å². The summed E-state index contributed by atoms with van der Waals surface area (Å²) in [7, 11) is 0. The number of aldehydes is 1. The van der Waals surface area contributed by atoms with Gasteiger partial charge in [-0.3, -0.25) is 24.1 Å². The molecule has 1 aromatic carbocycles. The standard InChI is InChI=1S/C33H39F2N9O4S/c1-22-18-40(14-15-45)12-13-42(22)19-23-6-10-41(11-7-23)29(46)21-43-20-27(38-32(47)26-17-37-44-9-3-8-36-31(26)44)30(39-43)25-16-24(49-2)4-5-28(25)48-33(34)35/h3-5,8-9,15-17,20,22-23,33H,6-7,10-14,18-19,21H2,1-2H3,(H,38,47). The third kappa shape index (κ3) is 8.08. The molecule has 0 bridgehead atoms. The fraction of sp³-hybridized carbons (Fsp3) is 0.455. The molecule has 0 spiro atoms. The van der Waals surface area contributed by atoms with Crippen LogP contribution in [0.1, 0.15) is 30.1 Å². The number of hydrogen-bond acceptors (Lipinski definition) is 10. The van der Waals surface area contributed by atoms with Crippen LogP contribution < -0.4 is 10.1 Å². The van der Waals surface area contributed by atoms with Crippen LogP contribution in [0.25, 0.3) is 16.9 Å². The van der Waals surface area contributed by atoms with Crippen LogP contribution in [0.3, 0.4) is 0 Å². The lowest BCUT2D eigenvalue weighted by Gasteiger charge is -2.42. The summed E-state index contributed by atoms with van der Waals surface area (Å²) >= 11 is 1.41. The Morgan fingerprint density at radius 3 is 2.73 bits per heavy atom. The maximum absolute atomic E-state index is 13.5. The van der Waals surface area contributed by atoms with E-state index in [0.29, 0.717) is 37.2 Å². The SMILES string of the molecule is CSc1ccc(OC(F)F)c(-c2nn(CC(=O)N3CCC(CN4CCN(CC=O)CC4C)CC3)cc2NC(=O)c2cnn3cccnc23)c1. The molecule has 2 aliphatic rings. The predicted molar refractivity (Wildman–Crippen MR) is 180 cm³/mol. The van der Waals surface area contributed by atoms with Crippen LogP contribution in [0.2, 0.25) is 0 Å². The van der Waals surface area contributed by atoms with Gasteiger partial charge in [-0.15, -0.1) is 11.8 Å². The number of aromatic nitrogens is 5. The van der Waals surface area contributed by atoms with Crippen molar-refractivity contribution in [2.75, 3.05) is 57.4 Å². The molecule has 2 fully saturated rings. The molecule has 0 radical (unpaired) electrons. The zero-order valence-corrected chi connectivity index (χ0v) is 28.2. The maximum Gasteiger partial charge on any atom is 0.387 e. The van der Waals surface area contributed by atoms with Gasteiger partial charge in [-0.2, -0.15) is 19.0 Å². The molecule has 0 aliphatic carbocycles. The minimum atomic E-state index is -3.08. The van der Waals surface area contributed by atoms with E-state index in [1.54, 1.807) is 30.6 Å².